The monoisotopic (exact) mass is 307 g/mol. The Kier molecular flexibility index (Phi) is 4.03. The van der Waals surface area contributed by atoms with E-state index in [0.717, 1.165) is 16.9 Å². The molecule has 118 valence electrons. The van der Waals surface area contributed by atoms with Crippen LogP contribution in [0, 0.1) is 11.8 Å². The smallest absolute Gasteiger partial charge is 0.129 e. The Labute approximate surface area is 137 Å². The number of benzene rings is 2. The van der Waals surface area contributed by atoms with Crippen LogP contribution < -0.4 is 4.74 Å². The molecule has 23 heavy (non-hydrogen) atoms. The molecule has 0 bridgehead atoms. The van der Waals surface area contributed by atoms with Gasteiger partial charge >= 0.3 is 0 Å². The van der Waals surface area contributed by atoms with Crippen LogP contribution in [0.25, 0.3) is 12.2 Å². The van der Waals surface area contributed by atoms with Gasteiger partial charge in [0, 0.05) is 11.1 Å². The highest BCUT2D eigenvalue weighted by Crippen LogP contribution is 2.52. The highest BCUT2D eigenvalue weighted by molar-refractivity contribution is 5.75. The highest BCUT2D eigenvalue weighted by Gasteiger charge is 2.41. The zero-order chi connectivity index (χ0) is 16.4. The summed E-state index contributed by atoms with van der Waals surface area (Å²) in [6.45, 7) is 4.42. The molecule has 0 aliphatic heterocycles. The van der Waals surface area contributed by atoms with Crippen molar-refractivity contribution in [2.75, 3.05) is 7.11 Å². The molecule has 1 aliphatic rings. The second-order valence-corrected chi connectivity index (χ2v) is 6.51. The maximum absolute atomic E-state index is 10.5. The molecular weight excluding hydrogens is 286 g/mol. The van der Waals surface area contributed by atoms with Crippen molar-refractivity contribution >= 4 is 17.8 Å². The Morgan fingerprint density at radius 1 is 1.13 bits per heavy atom. The van der Waals surface area contributed by atoms with Gasteiger partial charge in [0.05, 0.1) is 7.11 Å². The molecule has 0 heterocycles. The number of hydrogen-bond acceptors (Lipinski definition) is 3. The van der Waals surface area contributed by atoms with E-state index in [2.05, 4.69) is 37.2 Å². The molecule has 0 atom stereocenters. The predicted molar refractivity (Wildman–Crippen MR) is 95.1 cm³/mol. The predicted octanol–water partition coefficient (Wildman–Crippen LogP) is 5.62. The fourth-order valence-electron chi connectivity index (χ4n) is 2.89. The number of aryl methyl sites for hydroxylation is 1. The minimum absolute atomic E-state index is 0.261. The van der Waals surface area contributed by atoms with E-state index < -0.39 is 0 Å². The lowest BCUT2D eigenvalue weighted by Gasteiger charge is -2.17. The summed E-state index contributed by atoms with van der Waals surface area (Å²) in [4.78, 5) is 10.5. The number of hydrogen-bond donors (Lipinski definition) is 0. The first-order valence-electron chi connectivity index (χ1n) is 7.86. The first-order valence-corrected chi connectivity index (χ1v) is 7.86. The van der Waals surface area contributed by atoms with Crippen LogP contribution in [0.1, 0.15) is 42.0 Å². The molecule has 2 aromatic rings. The van der Waals surface area contributed by atoms with E-state index in [9.17, 15) is 4.91 Å². The minimum atomic E-state index is 0.261. The average Bonchev–Trinajstić information content (AvgIpc) is 3.31. The fraction of sp³-hybridized carbons (Fsp3) is 0.300. The number of rotatable bonds is 5. The number of methoxy groups -OCH3 is 1. The van der Waals surface area contributed by atoms with Crippen molar-refractivity contribution < 1.29 is 4.74 Å². The maximum atomic E-state index is 10.5. The van der Waals surface area contributed by atoms with Crippen LogP contribution in [0.15, 0.2) is 41.6 Å². The number of nitroso groups, excluding NO2 is 1. The molecule has 0 spiro atoms. The second kappa shape index (κ2) is 5.99. The summed E-state index contributed by atoms with van der Waals surface area (Å²) < 4.78 is 5.72. The topological polar surface area (TPSA) is 38.7 Å². The van der Waals surface area contributed by atoms with Gasteiger partial charge in [0.2, 0.25) is 0 Å². The summed E-state index contributed by atoms with van der Waals surface area (Å²) in [7, 11) is 1.74. The molecule has 1 fully saturated rings. The lowest BCUT2D eigenvalue weighted by atomic mass is 9.92. The number of ether oxygens (including phenoxy) is 1. The molecule has 0 saturated heterocycles. The molecule has 1 saturated carbocycles. The van der Waals surface area contributed by atoms with Crippen molar-refractivity contribution in [3.8, 4) is 5.75 Å². The molecule has 0 radical (unpaired) electrons. The second-order valence-electron chi connectivity index (χ2n) is 6.51. The van der Waals surface area contributed by atoms with E-state index in [4.69, 9.17) is 4.74 Å². The summed E-state index contributed by atoms with van der Waals surface area (Å²) >= 11 is 0. The zero-order valence-electron chi connectivity index (χ0n) is 13.8. The van der Waals surface area contributed by atoms with E-state index in [1.807, 2.05) is 18.2 Å². The van der Waals surface area contributed by atoms with Gasteiger partial charge in [-0.1, -0.05) is 37.3 Å². The van der Waals surface area contributed by atoms with Gasteiger partial charge in [0.15, 0.2) is 0 Å². The van der Waals surface area contributed by atoms with Crippen molar-refractivity contribution in [3.05, 3.63) is 63.6 Å². The Hall–Kier alpha value is -2.42. The van der Waals surface area contributed by atoms with Crippen LogP contribution >= 0.6 is 0 Å². The third-order valence-electron chi connectivity index (χ3n) is 4.57. The Bertz CT molecular complexity index is 756. The Balaban J connectivity index is 1.96. The third-order valence-corrected chi connectivity index (χ3v) is 4.57. The van der Waals surface area contributed by atoms with Crippen LogP contribution in [0.5, 0.6) is 5.75 Å². The molecule has 0 unspecified atom stereocenters. The third kappa shape index (κ3) is 3.19. The average molecular weight is 307 g/mol. The quantitative estimate of drug-likeness (QED) is 0.531. The molecule has 0 amide bonds. The minimum Gasteiger partial charge on any atom is -0.496 e. The summed E-state index contributed by atoms with van der Waals surface area (Å²) in [5, 5.41) is 2.92. The number of nitrogens with zero attached hydrogens (tertiary/aromatic N) is 1. The van der Waals surface area contributed by atoms with Gasteiger partial charge in [-0.3, -0.25) is 0 Å². The molecule has 3 heteroatoms. The lowest BCUT2D eigenvalue weighted by molar-refractivity contribution is 0.404. The molecule has 2 aromatic carbocycles. The van der Waals surface area contributed by atoms with Gasteiger partial charge in [0.1, 0.15) is 11.4 Å². The van der Waals surface area contributed by atoms with Crippen molar-refractivity contribution in [3.63, 3.8) is 0 Å². The Morgan fingerprint density at radius 3 is 2.39 bits per heavy atom. The lowest BCUT2D eigenvalue weighted by Crippen LogP contribution is -2.05. The Morgan fingerprint density at radius 2 is 1.83 bits per heavy atom. The summed E-state index contributed by atoms with van der Waals surface area (Å²) in [6, 6.07) is 11.6. The van der Waals surface area contributed by atoms with Gasteiger partial charge in [-0.05, 0) is 59.7 Å². The first-order chi connectivity index (χ1) is 11.1. The van der Waals surface area contributed by atoms with Crippen molar-refractivity contribution in [2.45, 2.75) is 32.1 Å². The van der Waals surface area contributed by atoms with Gasteiger partial charge < -0.3 is 4.74 Å². The van der Waals surface area contributed by atoms with E-state index in [1.54, 1.807) is 19.2 Å². The maximum Gasteiger partial charge on any atom is 0.129 e. The van der Waals surface area contributed by atoms with Crippen molar-refractivity contribution in [2.24, 2.45) is 5.18 Å². The SMILES string of the molecule is COc1c(/C=C/c2ccc(N=O)cc2)cc(C)cc1C1(C)CC1. The summed E-state index contributed by atoms with van der Waals surface area (Å²) in [6.07, 6.45) is 6.54. The standard InChI is InChI=1S/C20H21NO2/c1-14-12-16(7-4-15-5-8-17(21-22)9-6-15)19(23-3)18(13-14)20(2)10-11-20/h4-9,12-13H,10-11H2,1-3H3/b7-4+. The van der Waals surface area contributed by atoms with E-state index in [1.165, 1.54) is 24.0 Å². The largest absolute Gasteiger partial charge is 0.496 e. The molecule has 0 N–H and O–H groups in total. The van der Waals surface area contributed by atoms with Gasteiger partial charge in [-0.2, -0.15) is 0 Å². The zero-order valence-corrected chi connectivity index (χ0v) is 13.8. The van der Waals surface area contributed by atoms with Crippen LogP contribution in [0.3, 0.4) is 0 Å². The molecule has 3 rings (SSSR count). The van der Waals surface area contributed by atoms with Crippen LogP contribution in [0.2, 0.25) is 0 Å². The molecule has 1 aliphatic carbocycles. The van der Waals surface area contributed by atoms with Crippen molar-refractivity contribution in [1.29, 1.82) is 0 Å². The van der Waals surface area contributed by atoms with E-state index >= 15 is 0 Å². The van der Waals surface area contributed by atoms with Crippen LogP contribution in [-0.4, -0.2) is 7.11 Å². The summed E-state index contributed by atoms with van der Waals surface area (Å²) in [5.41, 5.74) is 5.37. The molecule has 3 nitrogen and oxygen atoms in total. The highest BCUT2D eigenvalue weighted by atomic mass is 16.5. The molecule has 0 aromatic heterocycles. The van der Waals surface area contributed by atoms with Crippen LogP contribution in [-0.2, 0) is 5.41 Å². The van der Waals surface area contributed by atoms with E-state index in [-0.39, 0.29) is 5.41 Å². The fourth-order valence-corrected chi connectivity index (χ4v) is 2.89. The first kappa shape index (κ1) is 15.5. The van der Waals surface area contributed by atoms with Gasteiger partial charge in [-0.25, -0.2) is 0 Å². The normalized spacial score (nSPS) is 15.6. The van der Waals surface area contributed by atoms with E-state index in [0.29, 0.717) is 5.69 Å². The van der Waals surface area contributed by atoms with Crippen molar-refractivity contribution in [1.82, 2.24) is 0 Å². The molecular formula is C20H21NO2. The van der Waals surface area contributed by atoms with Gasteiger partial charge in [-0.15, -0.1) is 4.91 Å². The van der Waals surface area contributed by atoms with Crippen LogP contribution in [0.4, 0.5) is 5.69 Å². The summed E-state index contributed by atoms with van der Waals surface area (Å²) in [5.74, 6) is 0.970. The van der Waals surface area contributed by atoms with Gasteiger partial charge in [0.25, 0.3) is 0 Å².